The average molecular weight is 362 g/mol. The molecule has 4 rings (SSSR count). The molecule has 4 heteroatoms. The van der Waals surface area contributed by atoms with Crippen molar-refractivity contribution in [1.82, 2.24) is 0 Å². The largest absolute Gasteiger partial charge is 0.507 e. The summed E-state index contributed by atoms with van der Waals surface area (Å²) >= 11 is 0. The predicted molar refractivity (Wildman–Crippen MR) is 109 cm³/mol. The molecule has 0 amide bonds. The molecule has 3 unspecified atom stereocenters. The first-order chi connectivity index (χ1) is 12.9. The second-order valence-electron chi connectivity index (χ2n) is 8.12. The van der Waals surface area contributed by atoms with E-state index in [4.69, 9.17) is 9.98 Å². The normalized spacial score (nSPS) is 27.2. The van der Waals surface area contributed by atoms with Crippen LogP contribution < -0.4 is 0 Å². The maximum absolute atomic E-state index is 10.1. The zero-order valence-electron chi connectivity index (χ0n) is 15.9. The Hall–Kier alpha value is -2.62. The Morgan fingerprint density at radius 1 is 0.963 bits per heavy atom. The van der Waals surface area contributed by atoms with Crippen molar-refractivity contribution < 1.29 is 10.2 Å². The molecule has 2 saturated carbocycles. The van der Waals surface area contributed by atoms with E-state index in [1.807, 2.05) is 44.3 Å². The third-order valence-electron chi connectivity index (χ3n) is 6.02. The number of rotatable bonds is 4. The maximum atomic E-state index is 10.1. The SMILES string of the molecule is Cc1ccc(O)c(C=NC2CC3CCC2(N=Cc2cc(C)ccc2O)C3)c1. The summed E-state index contributed by atoms with van der Waals surface area (Å²) in [5, 5.41) is 20.2. The van der Waals surface area contributed by atoms with Crippen LogP contribution in [0.15, 0.2) is 46.4 Å². The fourth-order valence-electron chi connectivity index (χ4n) is 4.52. The van der Waals surface area contributed by atoms with Gasteiger partial charge in [0.05, 0.1) is 11.6 Å². The summed E-state index contributed by atoms with van der Waals surface area (Å²) in [7, 11) is 0. The van der Waals surface area contributed by atoms with E-state index in [9.17, 15) is 10.2 Å². The van der Waals surface area contributed by atoms with E-state index in [2.05, 4.69) is 0 Å². The van der Waals surface area contributed by atoms with Gasteiger partial charge >= 0.3 is 0 Å². The smallest absolute Gasteiger partial charge is 0.124 e. The molecule has 2 aromatic rings. The van der Waals surface area contributed by atoms with Gasteiger partial charge < -0.3 is 10.2 Å². The molecular formula is C23H26N2O2. The zero-order chi connectivity index (χ0) is 19.0. The molecule has 140 valence electrons. The van der Waals surface area contributed by atoms with Crippen molar-refractivity contribution in [3.05, 3.63) is 58.7 Å². The molecule has 2 aliphatic carbocycles. The fourth-order valence-corrected chi connectivity index (χ4v) is 4.52. The lowest BCUT2D eigenvalue weighted by molar-refractivity contribution is 0.367. The van der Waals surface area contributed by atoms with Crippen LogP contribution in [0.1, 0.15) is 47.9 Å². The van der Waals surface area contributed by atoms with Crippen LogP contribution in [-0.4, -0.2) is 34.2 Å². The second kappa shape index (κ2) is 6.84. The summed E-state index contributed by atoms with van der Waals surface area (Å²) in [6, 6.07) is 11.3. The van der Waals surface area contributed by atoms with E-state index in [0.29, 0.717) is 5.92 Å². The van der Waals surface area contributed by atoms with Gasteiger partial charge in [0, 0.05) is 23.6 Å². The van der Waals surface area contributed by atoms with Gasteiger partial charge in [-0.25, -0.2) is 0 Å². The third-order valence-corrected chi connectivity index (χ3v) is 6.02. The molecule has 2 N–H and O–H groups in total. The van der Waals surface area contributed by atoms with E-state index in [-0.39, 0.29) is 23.1 Å². The van der Waals surface area contributed by atoms with E-state index >= 15 is 0 Å². The lowest BCUT2D eigenvalue weighted by Crippen LogP contribution is -2.34. The Balaban J connectivity index is 1.60. The van der Waals surface area contributed by atoms with Gasteiger partial charge in [-0.05, 0) is 69.7 Å². The number of phenols is 2. The third kappa shape index (κ3) is 3.48. The van der Waals surface area contributed by atoms with Crippen molar-refractivity contribution in [1.29, 1.82) is 0 Å². The molecule has 0 spiro atoms. The molecule has 27 heavy (non-hydrogen) atoms. The molecule has 2 aromatic carbocycles. The summed E-state index contributed by atoms with van der Waals surface area (Å²) in [4.78, 5) is 9.80. The average Bonchev–Trinajstić information content (AvgIpc) is 3.21. The van der Waals surface area contributed by atoms with Crippen molar-refractivity contribution in [2.24, 2.45) is 15.9 Å². The van der Waals surface area contributed by atoms with Gasteiger partial charge in [-0.2, -0.15) is 0 Å². The molecule has 0 radical (unpaired) electrons. The lowest BCUT2D eigenvalue weighted by Gasteiger charge is -2.28. The minimum absolute atomic E-state index is 0.124. The molecule has 3 atom stereocenters. The maximum Gasteiger partial charge on any atom is 0.124 e. The van der Waals surface area contributed by atoms with Gasteiger partial charge in [0.2, 0.25) is 0 Å². The molecule has 0 saturated heterocycles. The molecule has 2 fully saturated rings. The van der Waals surface area contributed by atoms with E-state index in [1.54, 1.807) is 18.3 Å². The Labute approximate surface area is 160 Å². The number of hydrogen-bond donors (Lipinski definition) is 2. The summed E-state index contributed by atoms with van der Waals surface area (Å²) in [5.41, 5.74) is 3.54. The van der Waals surface area contributed by atoms with E-state index in [0.717, 1.165) is 41.5 Å². The van der Waals surface area contributed by atoms with Gasteiger partial charge in [-0.3, -0.25) is 9.98 Å². The number of phenolic OH excluding ortho intramolecular Hbond substituents is 2. The number of aromatic hydroxyl groups is 2. The van der Waals surface area contributed by atoms with Gasteiger partial charge in [-0.1, -0.05) is 23.3 Å². The Kier molecular flexibility index (Phi) is 4.50. The molecule has 4 nitrogen and oxygen atoms in total. The van der Waals surface area contributed by atoms with Crippen LogP contribution in [-0.2, 0) is 0 Å². The molecule has 0 aliphatic heterocycles. The quantitative estimate of drug-likeness (QED) is 0.783. The van der Waals surface area contributed by atoms with Crippen LogP contribution in [0.3, 0.4) is 0 Å². The molecule has 2 bridgehead atoms. The lowest BCUT2D eigenvalue weighted by atomic mass is 9.89. The first-order valence-corrected chi connectivity index (χ1v) is 9.63. The molecule has 0 aromatic heterocycles. The first kappa shape index (κ1) is 17.8. The van der Waals surface area contributed by atoms with Crippen molar-refractivity contribution in [3.63, 3.8) is 0 Å². The predicted octanol–water partition coefficient (Wildman–Crippen LogP) is 4.56. The van der Waals surface area contributed by atoms with Crippen LogP contribution in [0.25, 0.3) is 0 Å². The number of fused-ring (bicyclic) bond motifs is 2. The van der Waals surface area contributed by atoms with Gasteiger partial charge in [0.25, 0.3) is 0 Å². The monoisotopic (exact) mass is 362 g/mol. The Bertz CT molecular complexity index is 919. The summed E-state index contributed by atoms with van der Waals surface area (Å²) in [6.45, 7) is 4.02. The van der Waals surface area contributed by atoms with Crippen LogP contribution >= 0.6 is 0 Å². The van der Waals surface area contributed by atoms with Crippen molar-refractivity contribution in [2.45, 2.75) is 51.1 Å². The van der Waals surface area contributed by atoms with Gasteiger partial charge in [0.1, 0.15) is 11.5 Å². The minimum Gasteiger partial charge on any atom is -0.507 e. The summed E-state index contributed by atoms with van der Waals surface area (Å²) in [5.74, 6) is 1.19. The topological polar surface area (TPSA) is 65.2 Å². The van der Waals surface area contributed by atoms with Crippen LogP contribution in [0.2, 0.25) is 0 Å². The molecular weight excluding hydrogens is 336 g/mol. The summed E-state index contributed by atoms with van der Waals surface area (Å²) < 4.78 is 0. The van der Waals surface area contributed by atoms with Crippen molar-refractivity contribution in [3.8, 4) is 11.5 Å². The van der Waals surface area contributed by atoms with Crippen LogP contribution in [0.5, 0.6) is 11.5 Å². The van der Waals surface area contributed by atoms with Crippen LogP contribution in [0.4, 0.5) is 0 Å². The number of hydrogen-bond acceptors (Lipinski definition) is 4. The number of aliphatic imine (C=N–C) groups is 2. The van der Waals surface area contributed by atoms with Gasteiger partial charge in [-0.15, -0.1) is 0 Å². The molecule has 0 heterocycles. The van der Waals surface area contributed by atoms with Gasteiger partial charge in [0.15, 0.2) is 0 Å². The fraction of sp³-hybridized carbons (Fsp3) is 0.391. The zero-order valence-corrected chi connectivity index (χ0v) is 15.9. The molecule has 2 aliphatic rings. The standard InChI is InChI=1S/C23H26N2O2/c1-15-3-5-20(26)18(9-15)13-24-22-11-17-7-8-23(22,12-17)25-14-19-10-16(2)4-6-21(19)27/h3-6,9-10,13-14,17,22,26-27H,7-8,11-12H2,1-2H3. The number of aryl methyl sites for hydroxylation is 2. The van der Waals surface area contributed by atoms with E-state index in [1.165, 1.54) is 6.42 Å². The number of benzene rings is 2. The van der Waals surface area contributed by atoms with Crippen molar-refractivity contribution >= 4 is 12.4 Å². The first-order valence-electron chi connectivity index (χ1n) is 9.63. The number of nitrogens with zero attached hydrogens (tertiary/aromatic N) is 2. The Morgan fingerprint density at radius 2 is 1.59 bits per heavy atom. The highest BCUT2D eigenvalue weighted by atomic mass is 16.3. The highest BCUT2D eigenvalue weighted by Gasteiger charge is 2.51. The van der Waals surface area contributed by atoms with E-state index < -0.39 is 0 Å². The van der Waals surface area contributed by atoms with Crippen LogP contribution in [0, 0.1) is 19.8 Å². The highest BCUT2D eigenvalue weighted by Crippen LogP contribution is 2.51. The second-order valence-corrected chi connectivity index (χ2v) is 8.12. The Morgan fingerprint density at radius 3 is 2.22 bits per heavy atom. The minimum atomic E-state index is -0.184. The highest BCUT2D eigenvalue weighted by molar-refractivity contribution is 5.85. The van der Waals surface area contributed by atoms with Crippen molar-refractivity contribution in [2.75, 3.05) is 0 Å². The summed E-state index contributed by atoms with van der Waals surface area (Å²) in [6.07, 6.45) is 7.94.